The van der Waals surface area contributed by atoms with Gasteiger partial charge in [-0.1, -0.05) is 11.6 Å². The molecule has 0 amide bonds. The third-order valence-electron chi connectivity index (χ3n) is 3.55. The van der Waals surface area contributed by atoms with Gasteiger partial charge in [0, 0.05) is 17.0 Å². The molecule has 1 aliphatic rings. The van der Waals surface area contributed by atoms with Gasteiger partial charge in [-0.2, -0.15) is 0 Å². The van der Waals surface area contributed by atoms with Crippen LogP contribution in [0.2, 0.25) is 4.34 Å². The van der Waals surface area contributed by atoms with E-state index in [1.807, 2.05) is 6.07 Å². The summed E-state index contributed by atoms with van der Waals surface area (Å²) < 4.78 is 6.95. The molecule has 2 atom stereocenters. The van der Waals surface area contributed by atoms with E-state index in [0.717, 1.165) is 10.8 Å². The smallest absolute Gasteiger partial charge is 0.0931 e. The van der Waals surface area contributed by atoms with Gasteiger partial charge >= 0.3 is 0 Å². The van der Waals surface area contributed by atoms with Gasteiger partial charge in [-0.25, -0.2) is 0 Å². The molecule has 1 aromatic heterocycles. The fourth-order valence-electron chi connectivity index (χ4n) is 2.77. The normalized spacial score (nSPS) is 27.3. The van der Waals surface area contributed by atoms with Crippen molar-refractivity contribution in [3.63, 3.8) is 0 Å². The molecule has 0 aliphatic carbocycles. The minimum Gasteiger partial charge on any atom is -0.368 e. The minimum absolute atomic E-state index is 0.0476. The molecule has 0 saturated carbocycles. The maximum atomic E-state index is 6.11. The molecule has 1 aliphatic heterocycles. The van der Waals surface area contributed by atoms with Crippen molar-refractivity contribution in [2.24, 2.45) is 0 Å². The van der Waals surface area contributed by atoms with Crippen molar-refractivity contribution >= 4 is 22.9 Å². The van der Waals surface area contributed by atoms with Gasteiger partial charge in [-0.3, -0.25) is 0 Å². The van der Waals surface area contributed by atoms with Crippen molar-refractivity contribution in [3.8, 4) is 0 Å². The molecule has 0 radical (unpaired) electrons. The zero-order chi connectivity index (χ0) is 13.6. The Hall–Kier alpha value is -0.0900. The van der Waals surface area contributed by atoms with Crippen LogP contribution in [0.4, 0.5) is 0 Å². The molecule has 1 aromatic rings. The number of hydrogen-bond donors (Lipinski definition) is 1. The highest BCUT2D eigenvalue weighted by Gasteiger charge is 2.46. The molecule has 2 nitrogen and oxygen atoms in total. The van der Waals surface area contributed by atoms with Crippen LogP contribution in [-0.4, -0.2) is 17.2 Å². The predicted molar refractivity (Wildman–Crippen MR) is 78.5 cm³/mol. The third-order valence-corrected chi connectivity index (χ3v) is 4.96. The molecule has 0 spiro atoms. The Morgan fingerprint density at radius 2 is 2.06 bits per heavy atom. The molecule has 4 heteroatoms. The molecule has 102 valence electrons. The van der Waals surface area contributed by atoms with E-state index in [1.165, 1.54) is 4.88 Å². The molecule has 1 N–H and O–H groups in total. The number of rotatable bonds is 3. The SMILES string of the molecule is CC(NC1CC(C)(C)OC1(C)C)c1ccc(Cl)s1. The molecule has 0 bridgehead atoms. The van der Waals surface area contributed by atoms with Crippen molar-refractivity contribution in [2.45, 2.75) is 64.3 Å². The number of ether oxygens (including phenoxy) is 1. The molecule has 2 unspecified atom stereocenters. The molecule has 18 heavy (non-hydrogen) atoms. The molecule has 1 saturated heterocycles. The highest BCUT2D eigenvalue weighted by Crippen LogP contribution is 2.38. The maximum absolute atomic E-state index is 6.11. The van der Waals surface area contributed by atoms with Crippen molar-refractivity contribution in [1.29, 1.82) is 0 Å². The Morgan fingerprint density at radius 3 is 2.50 bits per heavy atom. The first-order chi connectivity index (χ1) is 8.20. The van der Waals surface area contributed by atoms with Gasteiger partial charge in [0.05, 0.1) is 15.5 Å². The van der Waals surface area contributed by atoms with Gasteiger partial charge in [0.15, 0.2) is 0 Å². The lowest BCUT2D eigenvalue weighted by Gasteiger charge is -2.29. The summed E-state index contributed by atoms with van der Waals surface area (Å²) in [4.78, 5) is 1.28. The van der Waals surface area contributed by atoms with Gasteiger partial charge in [0.2, 0.25) is 0 Å². The lowest BCUT2D eigenvalue weighted by molar-refractivity contribution is -0.0703. The number of halogens is 1. The Bertz CT molecular complexity index is 427. The average molecular weight is 288 g/mol. The summed E-state index contributed by atoms with van der Waals surface area (Å²) in [6.45, 7) is 10.8. The van der Waals surface area contributed by atoms with E-state index in [2.05, 4.69) is 46.0 Å². The predicted octanol–water partition coefficient (Wildman–Crippen LogP) is 4.40. The van der Waals surface area contributed by atoms with Crippen LogP contribution in [0.15, 0.2) is 12.1 Å². The second-order valence-electron chi connectivity index (χ2n) is 6.25. The summed E-state index contributed by atoms with van der Waals surface area (Å²) in [5.41, 5.74) is -0.174. The fraction of sp³-hybridized carbons (Fsp3) is 0.714. The molecule has 1 fully saturated rings. The zero-order valence-corrected chi connectivity index (χ0v) is 13.3. The highest BCUT2D eigenvalue weighted by molar-refractivity contribution is 7.16. The Morgan fingerprint density at radius 1 is 1.39 bits per heavy atom. The first kappa shape index (κ1) is 14.3. The lowest BCUT2D eigenvalue weighted by Crippen LogP contribution is -2.44. The van der Waals surface area contributed by atoms with Crippen LogP contribution in [0, 0.1) is 0 Å². The molecular weight excluding hydrogens is 266 g/mol. The van der Waals surface area contributed by atoms with Gasteiger partial charge in [-0.15, -0.1) is 11.3 Å². The molecule has 2 heterocycles. The minimum atomic E-state index is -0.126. The summed E-state index contributed by atoms with van der Waals surface area (Å²) in [5.74, 6) is 0. The number of thiophene rings is 1. The first-order valence-corrected chi connectivity index (χ1v) is 7.60. The molecule has 2 rings (SSSR count). The van der Waals surface area contributed by atoms with Crippen molar-refractivity contribution < 1.29 is 4.74 Å². The second kappa shape index (κ2) is 4.78. The van der Waals surface area contributed by atoms with Crippen LogP contribution in [0.3, 0.4) is 0 Å². The van der Waals surface area contributed by atoms with Crippen molar-refractivity contribution in [1.82, 2.24) is 5.32 Å². The Kier molecular flexibility index (Phi) is 3.81. The zero-order valence-electron chi connectivity index (χ0n) is 11.7. The lowest BCUT2D eigenvalue weighted by atomic mass is 9.94. The van der Waals surface area contributed by atoms with Gasteiger partial charge in [-0.05, 0) is 53.2 Å². The second-order valence-corrected chi connectivity index (χ2v) is 8.00. The van der Waals surface area contributed by atoms with Gasteiger partial charge < -0.3 is 10.1 Å². The van der Waals surface area contributed by atoms with Crippen LogP contribution in [-0.2, 0) is 4.74 Å². The number of hydrogen-bond acceptors (Lipinski definition) is 3. The monoisotopic (exact) mass is 287 g/mol. The van der Waals surface area contributed by atoms with E-state index in [1.54, 1.807) is 11.3 Å². The standard InChI is InChI=1S/C14H22ClNOS/c1-9(10-6-7-12(15)18-10)16-11-8-13(2,3)17-14(11,4)5/h6-7,9,11,16H,8H2,1-5H3. The fourth-order valence-corrected chi connectivity index (χ4v) is 3.84. The van der Waals surface area contributed by atoms with Gasteiger partial charge in [0.25, 0.3) is 0 Å². The van der Waals surface area contributed by atoms with Gasteiger partial charge in [0.1, 0.15) is 0 Å². The average Bonchev–Trinajstić information content (AvgIpc) is 2.68. The van der Waals surface area contributed by atoms with Crippen LogP contribution >= 0.6 is 22.9 Å². The molecular formula is C14H22ClNOS. The van der Waals surface area contributed by atoms with Crippen LogP contribution in [0.25, 0.3) is 0 Å². The van der Waals surface area contributed by atoms with Crippen LogP contribution < -0.4 is 5.32 Å². The number of nitrogens with one attached hydrogen (secondary N) is 1. The highest BCUT2D eigenvalue weighted by atomic mass is 35.5. The van der Waals surface area contributed by atoms with E-state index in [9.17, 15) is 0 Å². The summed E-state index contributed by atoms with van der Waals surface area (Å²) in [6.07, 6.45) is 1.03. The molecule has 0 aromatic carbocycles. The van der Waals surface area contributed by atoms with E-state index in [4.69, 9.17) is 16.3 Å². The van der Waals surface area contributed by atoms with E-state index < -0.39 is 0 Å². The summed E-state index contributed by atoms with van der Waals surface area (Å²) in [7, 11) is 0. The van der Waals surface area contributed by atoms with E-state index in [-0.39, 0.29) is 11.2 Å². The topological polar surface area (TPSA) is 21.3 Å². The van der Waals surface area contributed by atoms with E-state index in [0.29, 0.717) is 12.1 Å². The Labute approximate surface area is 119 Å². The van der Waals surface area contributed by atoms with E-state index >= 15 is 0 Å². The summed E-state index contributed by atoms with van der Waals surface area (Å²) in [5, 5.41) is 3.68. The third kappa shape index (κ3) is 3.08. The maximum Gasteiger partial charge on any atom is 0.0931 e. The summed E-state index contributed by atoms with van der Waals surface area (Å²) >= 11 is 7.63. The Balaban J connectivity index is 2.05. The quantitative estimate of drug-likeness (QED) is 0.890. The first-order valence-electron chi connectivity index (χ1n) is 6.41. The van der Waals surface area contributed by atoms with Crippen molar-refractivity contribution in [3.05, 3.63) is 21.3 Å². The summed E-state index contributed by atoms with van der Waals surface area (Å²) in [6, 6.07) is 4.73. The van der Waals surface area contributed by atoms with Crippen molar-refractivity contribution in [2.75, 3.05) is 0 Å². The van der Waals surface area contributed by atoms with Crippen LogP contribution in [0.1, 0.15) is 52.0 Å². The van der Waals surface area contributed by atoms with Crippen LogP contribution in [0.5, 0.6) is 0 Å². The largest absolute Gasteiger partial charge is 0.368 e.